The summed E-state index contributed by atoms with van der Waals surface area (Å²) in [6.07, 6.45) is 6.03. The zero-order valence-electron chi connectivity index (χ0n) is 11.9. The van der Waals surface area contributed by atoms with E-state index in [4.69, 9.17) is 5.73 Å². The van der Waals surface area contributed by atoms with E-state index in [9.17, 15) is 13.2 Å². The molecule has 5 nitrogen and oxygen atoms in total. The van der Waals surface area contributed by atoms with Crippen LogP contribution in [0.4, 0.5) is 0 Å². The van der Waals surface area contributed by atoms with E-state index in [1.807, 2.05) is 13.8 Å². The van der Waals surface area contributed by atoms with Crippen LogP contribution in [0.1, 0.15) is 52.4 Å². The molecule has 0 heterocycles. The Labute approximate surface area is 116 Å². The highest BCUT2D eigenvalue weighted by molar-refractivity contribution is 7.89. The van der Waals surface area contributed by atoms with Gasteiger partial charge < -0.3 is 5.73 Å². The third-order valence-electron chi connectivity index (χ3n) is 4.01. The van der Waals surface area contributed by atoms with Gasteiger partial charge in [0, 0.05) is 0 Å². The van der Waals surface area contributed by atoms with E-state index in [-0.39, 0.29) is 17.6 Å². The van der Waals surface area contributed by atoms with Crippen LogP contribution in [-0.2, 0) is 14.8 Å². The second kappa shape index (κ2) is 7.24. The summed E-state index contributed by atoms with van der Waals surface area (Å²) in [7, 11) is -3.43. The number of hydrogen-bond donors (Lipinski definition) is 2. The SMILES string of the molecule is CC[C@H](C)[C@@H](NS(=O)(=O)CC1CCCCC1)C(N)=O. The lowest BCUT2D eigenvalue weighted by molar-refractivity contribution is -0.120. The molecule has 0 saturated heterocycles. The van der Waals surface area contributed by atoms with Gasteiger partial charge >= 0.3 is 0 Å². The van der Waals surface area contributed by atoms with E-state index < -0.39 is 22.0 Å². The average Bonchev–Trinajstić information content (AvgIpc) is 2.35. The Hall–Kier alpha value is -0.620. The molecule has 112 valence electrons. The van der Waals surface area contributed by atoms with E-state index in [1.165, 1.54) is 6.42 Å². The van der Waals surface area contributed by atoms with E-state index in [0.717, 1.165) is 25.7 Å². The Morgan fingerprint density at radius 3 is 2.37 bits per heavy atom. The highest BCUT2D eigenvalue weighted by atomic mass is 32.2. The smallest absolute Gasteiger partial charge is 0.235 e. The van der Waals surface area contributed by atoms with Crippen LogP contribution in [0, 0.1) is 11.8 Å². The number of amides is 1. The Balaban J connectivity index is 2.62. The first kappa shape index (κ1) is 16.4. The second-order valence-electron chi connectivity index (χ2n) is 5.67. The predicted octanol–water partition coefficient (Wildman–Crippen LogP) is 1.39. The third-order valence-corrected chi connectivity index (χ3v) is 5.53. The third kappa shape index (κ3) is 5.48. The van der Waals surface area contributed by atoms with Crippen LogP contribution in [0.5, 0.6) is 0 Å². The molecule has 19 heavy (non-hydrogen) atoms. The first-order valence-electron chi connectivity index (χ1n) is 7.15. The summed E-state index contributed by atoms with van der Waals surface area (Å²) in [5.74, 6) is -0.343. The van der Waals surface area contributed by atoms with Crippen molar-refractivity contribution in [3.8, 4) is 0 Å². The van der Waals surface area contributed by atoms with Crippen LogP contribution in [0.25, 0.3) is 0 Å². The Bertz CT molecular complexity index is 389. The molecule has 6 heteroatoms. The number of carbonyl (C=O) groups is 1. The van der Waals surface area contributed by atoms with Crippen LogP contribution in [0.3, 0.4) is 0 Å². The molecule has 3 N–H and O–H groups in total. The molecule has 0 aromatic heterocycles. The maximum absolute atomic E-state index is 12.1. The quantitative estimate of drug-likeness (QED) is 0.742. The summed E-state index contributed by atoms with van der Waals surface area (Å²) in [4.78, 5) is 11.4. The lowest BCUT2D eigenvalue weighted by atomic mass is 9.91. The Morgan fingerprint density at radius 2 is 1.89 bits per heavy atom. The van der Waals surface area contributed by atoms with E-state index in [0.29, 0.717) is 6.42 Å². The van der Waals surface area contributed by atoms with Gasteiger partial charge in [0.25, 0.3) is 0 Å². The van der Waals surface area contributed by atoms with E-state index in [1.54, 1.807) is 0 Å². The molecule has 0 radical (unpaired) electrons. The maximum Gasteiger partial charge on any atom is 0.235 e. The molecule has 0 aromatic rings. The van der Waals surface area contributed by atoms with Crippen molar-refractivity contribution in [2.75, 3.05) is 5.75 Å². The van der Waals surface area contributed by atoms with Crippen molar-refractivity contribution < 1.29 is 13.2 Å². The monoisotopic (exact) mass is 290 g/mol. The van der Waals surface area contributed by atoms with Crippen LogP contribution < -0.4 is 10.5 Å². The molecule has 0 bridgehead atoms. The number of primary amides is 1. The van der Waals surface area contributed by atoms with E-state index >= 15 is 0 Å². The normalized spacial score (nSPS) is 20.9. The zero-order valence-corrected chi connectivity index (χ0v) is 12.7. The molecule has 0 spiro atoms. The van der Waals surface area contributed by atoms with Gasteiger partial charge in [0.2, 0.25) is 15.9 Å². The minimum Gasteiger partial charge on any atom is -0.368 e. The largest absolute Gasteiger partial charge is 0.368 e. The van der Waals surface area contributed by atoms with Crippen LogP contribution in [0.2, 0.25) is 0 Å². The van der Waals surface area contributed by atoms with Crippen molar-refractivity contribution in [1.29, 1.82) is 0 Å². The number of rotatable bonds is 7. The van der Waals surface area contributed by atoms with Crippen LogP contribution in [-0.4, -0.2) is 26.1 Å². The molecule has 1 aliphatic carbocycles. The number of nitrogens with one attached hydrogen (secondary N) is 1. The highest BCUT2D eigenvalue weighted by Crippen LogP contribution is 2.24. The molecule has 1 aliphatic rings. The Morgan fingerprint density at radius 1 is 1.32 bits per heavy atom. The van der Waals surface area contributed by atoms with Gasteiger partial charge in [0.15, 0.2) is 0 Å². The standard InChI is InChI=1S/C13H26N2O3S/c1-3-10(2)12(13(14)16)15-19(17,18)9-11-7-5-4-6-8-11/h10-12,15H,3-9H2,1-2H3,(H2,14,16)/t10-,12+/m0/s1. The van der Waals surface area contributed by atoms with Gasteiger partial charge in [0.05, 0.1) is 5.75 Å². The van der Waals surface area contributed by atoms with Crippen molar-refractivity contribution in [3.05, 3.63) is 0 Å². The van der Waals surface area contributed by atoms with Gasteiger partial charge in [-0.3, -0.25) is 4.79 Å². The van der Waals surface area contributed by atoms with Crippen molar-refractivity contribution in [1.82, 2.24) is 4.72 Å². The van der Waals surface area contributed by atoms with Gasteiger partial charge in [-0.25, -0.2) is 13.1 Å². The minimum atomic E-state index is -3.43. The number of nitrogens with two attached hydrogens (primary N) is 1. The molecule has 0 unspecified atom stereocenters. The molecular weight excluding hydrogens is 264 g/mol. The number of hydrogen-bond acceptors (Lipinski definition) is 3. The zero-order chi connectivity index (χ0) is 14.5. The number of carbonyl (C=O) groups excluding carboxylic acids is 1. The topological polar surface area (TPSA) is 89.3 Å². The summed E-state index contributed by atoms with van der Waals surface area (Å²) in [5.41, 5.74) is 5.29. The molecule has 1 rings (SSSR count). The van der Waals surface area contributed by atoms with Gasteiger partial charge in [-0.05, 0) is 24.7 Å². The Kier molecular flexibility index (Phi) is 6.26. The molecule has 2 atom stereocenters. The molecule has 1 amide bonds. The summed E-state index contributed by atoms with van der Waals surface area (Å²) in [5, 5.41) is 0. The highest BCUT2D eigenvalue weighted by Gasteiger charge is 2.29. The first-order chi connectivity index (χ1) is 8.85. The lowest BCUT2D eigenvalue weighted by Crippen LogP contribution is -2.49. The molecule has 0 aromatic carbocycles. The van der Waals surface area contributed by atoms with Crippen molar-refractivity contribution in [3.63, 3.8) is 0 Å². The minimum absolute atomic E-state index is 0.0846. The molecule has 1 saturated carbocycles. The second-order valence-corrected chi connectivity index (χ2v) is 7.47. The van der Waals surface area contributed by atoms with Crippen molar-refractivity contribution in [2.45, 2.75) is 58.4 Å². The lowest BCUT2D eigenvalue weighted by Gasteiger charge is -2.25. The summed E-state index contributed by atoms with van der Waals surface area (Å²) in [6, 6.07) is -0.793. The summed E-state index contributed by atoms with van der Waals surface area (Å²) in [6.45, 7) is 3.74. The predicted molar refractivity (Wildman–Crippen MR) is 75.9 cm³/mol. The van der Waals surface area contributed by atoms with E-state index in [2.05, 4.69) is 4.72 Å². The molecule has 0 aliphatic heterocycles. The van der Waals surface area contributed by atoms with Crippen LogP contribution in [0.15, 0.2) is 0 Å². The maximum atomic E-state index is 12.1. The summed E-state index contributed by atoms with van der Waals surface area (Å²) >= 11 is 0. The molecule has 1 fully saturated rings. The summed E-state index contributed by atoms with van der Waals surface area (Å²) < 4.78 is 26.7. The molecular formula is C13H26N2O3S. The fourth-order valence-corrected chi connectivity index (χ4v) is 4.38. The van der Waals surface area contributed by atoms with Gasteiger partial charge in [-0.15, -0.1) is 0 Å². The van der Waals surface area contributed by atoms with Crippen LogP contribution >= 0.6 is 0 Å². The average molecular weight is 290 g/mol. The van der Waals surface area contributed by atoms with Gasteiger partial charge in [-0.1, -0.05) is 39.5 Å². The van der Waals surface area contributed by atoms with Gasteiger partial charge in [-0.2, -0.15) is 0 Å². The number of sulfonamides is 1. The fourth-order valence-electron chi connectivity index (χ4n) is 2.60. The first-order valence-corrected chi connectivity index (χ1v) is 8.80. The van der Waals surface area contributed by atoms with Crippen molar-refractivity contribution in [2.24, 2.45) is 17.6 Å². The fraction of sp³-hybridized carbons (Fsp3) is 0.923. The van der Waals surface area contributed by atoms with Crippen molar-refractivity contribution >= 4 is 15.9 Å². The van der Waals surface area contributed by atoms with Gasteiger partial charge in [0.1, 0.15) is 6.04 Å².